The Hall–Kier alpha value is -2.10. The molecule has 1 fully saturated rings. The van der Waals surface area contributed by atoms with Gasteiger partial charge in [0, 0.05) is 5.39 Å². The van der Waals surface area contributed by atoms with Crippen molar-refractivity contribution in [1.29, 1.82) is 0 Å². The number of ether oxygens (including phenoxy) is 2. The second-order valence-corrected chi connectivity index (χ2v) is 6.06. The molecule has 1 aliphatic heterocycles. The lowest BCUT2D eigenvalue weighted by molar-refractivity contribution is -0.277. The topological polar surface area (TPSA) is 140 Å². The molecule has 0 unspecified atom stereocenters. The number of hydrogen-bond acceptors (Lipinski definition) is 8. The maximum Gasteiger partial charge on any atom is 0.229 e. The number of aryl methyl sites for hydroxylation is 1. The van der Waals surface area contributed by atoms with Gasteiger partial charge in [0.2, 0.25) is 6.29 Å². The van der Waals surface area contributed by atoms with Gasteiger partial charge in [-0.2, -0.15) is 0 Å². The Morgan fingerprint density at radius 1 is 1.08 bits per heavy atom. The highest BCUT2D eigenvalue weighted by Gasteiger charge is 2.44. The molecule has 1 saturated heterocycles. The lowest BCUT2D eigenvalue weighted by atomic mass is 9.99. The van der Waals surface area contributed by atoms with Crippen LogP contribution in [0, 0.1) is 6.92 Å². The van der Waals surface area contributed by atoms with Crippen LogP contribution >= 0.6 is 0 Å². The summed E-state index contributed by atoms with van der Waals surface area (Å²) in [5, 5.41) is 59.9. The molecular weight excluding hydrogens is 332 g/mol. The van der Waals surface area contributed by atoms with Crippen LogP contribution in [0.25, 0.3) is 10.8 Å². The third kappa shape index (κ3) is 2.99. The van der Waals surface area contributed by atoms with Gasteiger partial charge in [-0.15, -0.1) is 0 Å². The highest BCUT2D eigenvalue weighted by atomic mass is 16.7. The predicted molar refractivity (Wildman–Crippen MR) is 86.4 cm³/mol. The van der Waals surface area contributed by atoms with Crippen molar-refractivity contribution in [1.82, 2.24) is 0 Å². The molecule has 6 N–H and O–H groups in total. The molecule has 0 spiro atoms. The molecule has 3 rings (SSSR count). The first-order valence-corrected chi connectivity index (χ1v) is 7.76. The molecule has 0 saturated carbocycles. The molecule has 8 heteroatoms. The van der Waals surface area contributed by atoms with Gasteiger partial charge in [0.15, 0.2) is 0 Å². The van der Waals surface area contributed by atoms with E-state index >= 15 is 0 Å². The Morgan fingerprint density at radius 2 is 1.80 bits per heavy atom. The van der Waals surface area contributed by atoms with Gasteiger partial charge in [0.05, 0.1) is 12.0 Å². The van der Waals surface area contributed by atoms with Crippen molar-refractivity contribution in [3.05, 3.63) is 29.8 Å². The number of phenolic OH excluding ortho intramolecular Hbond substituents is 2. The van der Waals surface area contributed by atoms with Crippen LogP contribution in [0.15, 0.2) is 24.3 Å². The minimum atomic E-state index is -1.58. The van der Waals surface area contributed by atoms with Crippen LogP contribution in [0.1, 0.15) is 5.56 Å². The van der Waals surface area contributed by atoms with Gasteiger partial charge in [0.25, 0.3) is 0 Å². The highest BCUT2D eigenvalue weighted by molar-refractivity contribution is 5.98. The average molecular weight is 352 g/mol. The molecule has 5 atom stereocenters. The molecular formula is C17H20O8. The van der Waals surface area contributed by atoms with Gasteiger partial charge >= 0.3 is 0 Å². The lowest BCUT2D eigenvalue weighted by Crippen LogP contribution is -2.60. The Bertz CT molecular complexity index is 775. The Labute approximate surface area is 143 Å². The standard InChI is InChI=1S/C17H20O8/c1-7-5-10(12-8(13(7)20)3-2-4-9(12)19)24-17-16(23)15(22)14(21)11(6-18)25-17/h2-5,11,14-23H,6H2,1H3/t11-,14-,15+,16-,17-/m1/s1. The van der Waals surface area contributed by atoms with Gasteiger partial charge in [-0.25, -0.2) is 0 Å². The number of phenols is 2. The fourth-order valence-electron chi connectivity index (χ4n) is 2.93. The third-order valence-electron chi connectivity index (χ3n) is 4.36. The van der Waals surface area contributed by atoms with Gasteiger partial charge in [-0.3, -0.25) is 0 Å². The smallest absolute Gasteiger partial charge is 0.229 e. The third-order valence-corrected chi connectivity index (χ3v) is 4.36. The van der Waals surface area contributed by atoms with Crippen molar-refractivity contribution >= 4 is 10.8 Å². The molecule has 25 heavy (non-hydrogen) atoms. The molecule has 0 aromatic heterocycles. The Kier molecular flexibility index (Phi) is 4.72. The molecule has 1 aliphatic rings. The van der Waals surface area contributed by atoms with E-state index < -0.39 is 37.3 Å². The van der Waals surface area contributed by atoms with E-state index in [9.17, 15) is 30.6 Å². The van der Waals surface area contributed by atoms with Gasteiger partial charge in [0.1, 0.15) is 41.7 Å². The summed E-state index contributed by atoms with van der Waals surface area (Å²) in [5.74, 6) is -0.0489. The Balaban J connectivity index is 2.02. The monoisotopic (exact) mass is 352 g/mol. The number of rotatable bonds is 3. The zero-order valence-electron chi connectivity index (χ0n) is 13.4. The second-order valence-electron chi connectivity index (χ2n) is 6.06. The van der Waals surface area contributed by atoms with E-state index in [0.717, 1.165) is 0 Å². The van der Waals surface area contributed by atoms with Crippen molar-refractivity contribution in [3.63, 3.8) is 0 Å². The fraction of sp³-hybridized carbons (Fsp3) is 0.412. The summed E-state index contributed by atoms with van der Waals surface area (Å²) in [5.41, 5.74) is 0.470. The molecule has 0 aliphatic carbocycles. The largest absolute Gasteiger partial charge is 0.507 e. The van der Waals surface area contributed by atoms with E-state index in [-0.39, 0.29) is 22.6 Å². The van der Waals surface area contributed by atoms with E-state index in [0.29, 0.717) is 10.9 Å². The summed E-state index contributed by atoms with van der Waals surface area (Å²) in [6, 6.07) is 6.03. The quantitative estimate of drug-likeness (QED) is 0.444. The molecule has 0 radical (unpaired) electrons. The van der Waals surface area contributed by atoms with E-state index in [1.54, 1.807) is 19.1 Å². The first kappa shape index (κ1) is 17.7. The highest BCUT2D eigenvalue weighted by Crippen LogP contribution is 2.41. The summed E-state index contributed by atoms with van der Waals surface area (Å²) in [6.45, 7) is 1.06. The minimum Gasteiger partial charge on any atom is -0.507 e. The zero-order chi connectivity index (χ0) is 18.3. The normalized spacial score (nSPS) is 29.7. The van der Waals surface area contributed by atoms with Crippen LogP contribution in [0.2, 0.25) is 0 Å². The van der Waals surface area contributed by atoms with Gasteiger partial charge in [-0.05, 0) is 24.6 Å². The van der Waals surface area contributed by atoms with E-state index in [4.69, 9.17) is 9.47 Å². The molecule has 2 aromatic rings. The first-order chi connectivity index (χ1) is 11.8. The van der Waals surface area contributed by atoms with Crippen molar-refractivity contribution in [2.75, 3.05) is 6.61 Å². The second kappa shape index (κ2) is 6.66. The summed E-state index contributed by atoms with van der Waals surface area (Å²) < 4.78 is 10.9. The summed E-state index contributed by atoms with van der Waals surface area (Å²) in [6.07, 6.45) is -7.14. The van der Waals surface area contributed by atoms with E-state index in [1.807, 2.05) is 0 Å². The number of aliphatic hydroxyl groups excluding tert-OH is 4. The van der Waals surface area contributed by atoms with Gasteiger partial charge in [-0.1, -0.05) is 12.1 Å². The van der Waals surface area contributed by atoms with Crippen LogP contribution in [0.3, 0.4) is 0 Å². The van der Waals surface area contributed by atoms with Crippen LogP contribution in [0.4, 0.5) is 0 Å². The van der Waals surface area contributed by atoms with Crippen LogP contribution in [-0.2, 0) is 4.74 Å². The summed E-state index contributed by atoms with van der Waals surface area (Å²) in [4.78, 5) is 0. The SMILES string of the molecule is Cc1cc(O[C@@H]2O[C@H](CO)[C@@H](O)[C@H](O)[C@H]2O)c2c(O)cccc2c1O. The van der Waals surface area contributed by atoms with Crippen molar-refractivity contribution in [2.24, 2.45) is 0 Å². The van der Waals surface area contributed by atoms with Crippen molar-refractivity contribution < 1.29 is 40.1 Å². The Morgan fingerprint density at radius 3 is 2.48 bits per heavy atom. The van der Waals surface area contributed by atoms with Crippen molar-refractivity contribution in [2.45, 2.75) is 37.6 Å². The molecule has 0 amide bonds. The van der Waals surface area contributed by atoms with Crippen LogP contribution in [0.5, 0.6) is 17.2 Å². The first-order valence-electron chi connectivity index (χ1n) is 7.76. The minimum absolute atomic E-state index is 0.0212. The number of aliphatic hydroxyl groups is 4. The number of hydrogen-bond donors (Lipinski definition) is 6. The maximum absolute atomic E-state index is 10.2. The summed E-state index contributed by atoms with van der Waals surface area (Å²) in [7, 11) is 0. The van der Waals surface area contributed by atoms with E-state index in [2.05, 4.69) is 0 Å². The van der Waals surface area contributed by atoms with E-state index in [1.165, 1.54) is 12.1 Å². The van der Waals surface area contributed by atoms with Crippen LogP contribution in [-0.4, -0.2) is 68.0 Å². The predicted octanol–water partition coefficient (Wildman–Crippen LogP) is -0.262. The molecule has 8 nitrogen and oxygen atoms in total. The average Bonchev–Trinajstić information content (AvgIpc) is 2.59. The molecule has 2 aromatic carbocycles. The zero-order valence-corrected chi connectivity index (χ0v) is 13.4. The molecule has 1 heterocycles. The van der Waals surface area contributed by atoms with Gasteiger partial charge < -0.3 is 40.1 Å². The fourth-order valence-corrected chi connectivity index (χ4v) is 2.93. The number of benzene rings is 2. The summed E-state index contributed by atoms with van der Waals surface area (Å²) >= 11 is 0. The van der Waals surface area contributed by atoms with Crippen LogP contribution < -0.4 is 4.74 Å². The number of aromatic hydroxyl groups is 2. The molecule has 0 bridgehead atoms. The number of fused-ring (bicyclic) bond motifs is 1. The lowest BCUT2D eigenvalue weighted by Gasteiger charge is -2.39. The van der Waals surface area contributed by atoms with Crippen molar-refractivity contribution in [3.8, 4) is 17.2 Å². The molecule has 136 valence electrons. The maximum atomic E-state index is 10.2.